The molecule has 0 radical (unpaired) electrons. The van der Waals surface area contributed by atoms with Crippen molar-refractivity contribution in [3.05, 3.63) is 23.5 Å². The van der Waals surface area contributed by atoms with Gasteiger partial charge in [0.05, 0.1) is 0 Å². The van der Waals surface area contributed by atoms with Crippen LogP contribution < -0.4 is 0 Å². The molecule has 2 N–H and O–H groups in total. The number of aliphatic hydroxyl groups is 1. The molecular weight excluding hydrogens is 290 g/mol. The van der Waals surface area contributed by atoms with Crippen LogP contribution in [0.4, 0.5) is 0 Å². The maximum atomic E-state index is 12.7. The van der Waals surface area contributed by atoms with Crippen LogP contribution in [-0.4, -0.2) is 65.1 Å². The third-order valence-corrected chi connectivity index (χ3v) is 5.40. The summed E-state index contributed by atoms with van der Waals surface area (Å²) in [5.74, 6) is 0.674. The van der Waals surface area contributed by atoms with E-state index in [1.54, 1.807) is 0 Å². The van der Waals surface area contributed by atoms with Gasteiger partial charge < -0.3 is 19.9 Å². The first-order valence-electron chi connectivity index (χ1n) is 9.01. The van der Waals surface area contributed by atoms with Crippen molar-refractivity contribution >= 4 is 5.91 Å². The second-order valence-electron chi connectivity index (χ2n) is 7.02. The lowest BCUT2D eigenvalue weighted by molar-refractivity contribution is 0.0773. The fraction of sp³-hybridized carbons (Fsp3) is 0.722. The Morgan fingerprint density at radius 2 is 1.96 bits per heavy atom. The molecular formula is C18H29N3O2. The minimum absolute atomic E-state index is 0.0734. The monoisotopic (exact) mass is 319 g/mol. The van der Waals surface area contributed by atoms with E-state index < -0.39 is 0 Å². The van der Waals surface area contributed by atoms with Crippen molar-refractivity contribution in [1.82, 2.24) is 14.8 Å². The number of carbonyl (C=O) groups is 1. The molecule has 0 unspecified atom stereocenters. The summed E-state index contributed by atoms with van der Waals surface area (Å²) in [5, 5.41) is 9.71. The summed E-state index contributed by atoms with van der Waals surface area (Å²) in [6, 6.07) is 3.87. The van der Waals surface area contributed by atoms with Gasteiger partial charge in [-0.15, -0.1) is 0 Å². The average Bonchev–Trinajstić information content (AvgIpc) is 3.22. The quantitative estimate of drug-likeness (QED) is 0.869. The number of rotatable bonds is 5. The maximum absolute atomic E-state index is 12.7. The topological polar surface area (TPSA) is 59.6 Å². The van der Waals surface area contributed by atoms with Gasteiger partial charge in [0.15, 0.2) is 0 Å². The number of nitrogens with one attached hydrogen (secondary N) is 1. The maximum Gasteiger partial charge on any atom is 0.270 e. The summed E-state index contributed by atoms with van der Waals surface area (Å²) >= 11 is 0. The van der Waals surface area contributed by atoms with Crippen molar-refractivity contribution in [3.8, 4) is 0 Å². The van der Waals surface area contributed by atoms with Gasteiger partial charge in [0.25, 0.3) is 5.91 Å². The fourth-order valence-electron chi connectivity index (χ4n) is 3.93. The number of aromatic nitrogens is 1. The average molecular weight is 319 g/mol. The van der Waals surface area contributed by atoms with Crippen LogP contribution in [0.2, 0.25) is 0 Å². The Kier molecular flexibility index (Phi) is 5.38. The summed E-state index contributed by atoms with van der Waals surface area (Å²) in [6.07, 6.45) is 4.80. The Morgan fingerprint density at radius 3 is 2.61 bits per heavy atom. The van der Waals surface area contributed by atoms with Gasteiger partial charge in [-0.25, -0.2) is 0 Å². The fourth-order valence-corrected chi connectivity index (χ4v) is 3.93. The Labute approximate surface area is 138 Å². The van der Waals surface area contributed by atoms with E-state index in [9.17, 15) is 9.90 Å². The lowest BCUT2D eigenvalue weighted by Gasteiger charge is -2.30. The third kappa shape index (κ3) is 3.78. The zero-order chi connectivity index (χ0) is 16.2. The van der Waals surface area contributed by atoms with E-state index in [4.69, 9.17) is 0 Å². The third-order valence-electron chi connectivity index (χ3n) is 5.40. The molecule has 0 aromatic carbocycles. The van der Waals surface area contributed by atoms with Crippen molar-refractivity contribution in [2.45, 2.75) is 32.6 Å². The van der Waals surface area contributed by atoms with Crippen LogP contribution in [-0.2, 0) is 6.42 Å². The molecule has 0 aliphatic carbocycles. The molecule has 3 rings (SSSR count). The molecule has 2 saturated heterocycles. The number of hydrogen-bond acceptors (Lipinski definition) is 3. The largest absolute Gasteiger partial charge is 0.396 e. The summed E-state index contributed by atoms with van der Waals surface area (Å²) in [6.45, 7) is 7.03. The minimum atomic E-state index is 0.0734. The Balaban J connectivity index is 1.62. The number of hydrogen-bond donors (Lipinski definition) is 2. The molecule has 23 heavy (non-hydrogen) atoms. The SMILES string of the molecule is CCc1ccc(C(=O)N2C[C@@H](CN3CCCCC3)[C@@H](CO)C2)[nH]1. The van der Waals surface area contributed by atoms with Gasteiger partial charge in [-0.05, 0) is 50.4 Å². The normalized spacial score (nSPS) is 25.9. The zero-order valence-corrected chi connectivity index (χ0v) is 14.1. The van der Waals surface area contributed by atoms with Crippen LogP contribution in [0.15, 0.2) is 12.1 Å². The first-order valence-corrected chi connectivity index (χ1v) is 9.01. The smallest absolute Gasteiger partial charge is 0.270 e. The Morgan fingerprint density at radius 1 is 1.22 bits per heavy atom. The molecule has 2 atom stereocenters. The molecule has 0 saturated carbocycles. The lowest BCUT2D eigenvalue weighted by atomic mass is 9.95. The van der Waals surface area contributed by atoms with Gasteiger partial charge in [-0.1, -0.05) is 13.3 Å². The van der Waals surface area contributed by atoms with E-state index in [0.717, 1.165) is 25.2 Å². The van der Waals surface area contributed by atoms with Crippen LogP contribution in [0.1, 0.15) is 42.4 Å². The van der Waals surface area contributed by atoms with E-state index in [-0.39, 0.29) is 18.4 Å². The Hall–Kier alpha value is -1.33. The molecule has 0 bridgehead atoms. The molecule has 5 nitrogen and oxygen atoms in total. The predicted molar refractivity (Wildman–Crippen MR) is 90.4 cm³/mol. The molecule has 1 amide bonds. The highest BCUT2D eigenvalue weighted by Crippen LogP contribution is 2.26. The van der Waals surface area contributed by atoms with Gasteiger partial charge in [-0.3, -0.25) is 4.79 Å². The highest BCUT2D eigenvalue weighted by Gasteiger charge is 2.36. The molecule has 2 fully saturated rings. The van der Waals surface area contributed by atoms with Gasteiger partial charge in [0, 0.05) is 37.9 Å². The van der Waals surface area contributed by atoms with Crippen molar-refractivity contribution in [1.29, 1.82) is 0 Å². The number of nitrogens with zero attached hydrogens (tertiary/aromatic N) is 2. The molecule has 1 aromatic rings. The van der Waals surface area contributed by atoms with E-state index in [0.29, 0.717) is 18.2 Å². The molecule has 128 valence electrons. The number of H-pyrrole nitrogens is 1. The first kappa shape index (κ1) is 16.5. The van der Waals surface area contributed by atoms with E-state index in [1.165, 1.54) is 32.4 Å². The highest BCUT2D eigenvalue weighted by atomic mass is 16.3. The van der Waals surface area contributed by atoms with E-state index >= 15 is 0 Å². The van der Waals surface area contributed by atoms with Crippen LogP contribution in [0.25, 0.3) is 0 Å². The Bertz CT molecular complexity index is 522. The molecule has 0 spiro atoms. The standard InChI is InChI=1S/C18H29N3O2/c1-2-16-6-7-17(19-16)18(23)21-11-14(15(12-21)13-22)10-20-8-4-3-5-9-20/h6-7,14-15,19,22H,2-5,8-13H2,1H3/t14-,15-/m1/s1. The number of amides is 1. The molecule has 1 aromatic heterocycles. The van der Waals surface area contributed by atoms with Gasteiger partial charge in [0.2, 0.25) is 0 Å². The van der Waals surface area contributed by atoms with Crippen LogP contribution >= 0.6 is 0 Å². The molecule has 3 heterocycles. The zero-order valence-electron chi connectivity index (χ0n) is 14.1. The highest BCUT2D eigenvalue weighted by molar-refractivity contribution is 5.92. The summed E-state index contributed by atoms with van der Waals surface area (Å²) < 4.78 is 0. The number of likely N-dealkylation sites (tertiary alicyclic amines) is 2. The van der Waals surface area contributed by atoms with Crippen molar-refractivity contribution in [3.63, 3.8) is 0 Å². The van der Waals surface area contributed by atoms with Gasteiger partial charge >= 0.3 is 0 Å². The number of piperidine rings is 1. The second-order valence-corrected chi connectivity index (χ2v) is 7.02. The van der Waals surface area contributed by atoms with Crippen LogP contribution in [0.3, 0.4) is 0 Å². The summed E-state index contributed by atoms with van der Waals surface area (Å²) in [7, 11) is 0. The molecule has 2 aliphatic rings. The van der Waals surface area contributed by atoms with Crippen molar-refractivity contribution in [2.24, 2.45) is 11.8 Å². The lowest BCUT2D eigenvalue weighted by Crippen LogP contribution is -2.37. The number of aliphatic hydroxyl groups excluding tert-OH is 1. The number of carbonyl (C=O) groups excluding carboxylic acids is 1. The van der Waals surface area contributed by atoms with Crippen LogP contribution in [0, 0.1) is 11.8 Å². The van der Waals surface area contributed by atoms with Crippen molar-refractivity contribution in [2.75, 3.05) is 39.3 Å². The predicted octanol–water partition coefficient (Wildman–Crippen LogP) is 1.74. The molecule has 5 heteroatoms. The second kappa shape index (κ2) is 7.49. The summed E-state index contributed by atoms with van der Waals surface area (Å²) in [5.41, 5.74) is 1.77. The summed E-state index contributed by atoms with van der Waals surface area (Å²) in [4.78, 5) is 20.3. The first-order chi connectivity index (χ1) is 11.2. The van der Waals surface area contributed by atoms with E-state index in [2.05, 4.69) is 16.8 Å². The molecule has 2 aliphatic heterocycles. The number of aryl methyl sites for hydroxylation is 1. The van der Waals surface area contributed by atoms with E-state index in [1.807, 2.05) is 17.0 Å². The van der Waals surface area contributed by atoms with Gasteiger partial charge in [0.1, 0.15) is 5.69 Å². The number of aromatic amines is 1. The van der Waals surface area contributed by atoms with Crippen molar-refractivity contribution < 1.29 is 9.90 Å². The van der Waals surface area contributed by atoms with Gasteiger partial charge in [-0.2, -0.15) is 0 Å². The van der Waals surface area contributed by atoms with Crippen LogP contribution in [0.5, 0.6) is 0 Å². The minimum Gasteiger partial charge on any atom is -0.396 e.